The zero-order valence-electron chi connectivity index (χ0n) is 17.1. The predicted octanol–water partition coefficient (Wildman–Crippen LogP) is 3.07. The van der Waals surface area contributed by atoms with Gasteiger partial charge >= 0.3 is 0 Å². The molecule has 158 valence electrons. The largest absolute Gasteiger partial charge is 0.494 e. The molecule has 2 aromatic rings. The Morgan fingerprint density at radius 2 is 1.70 bits per heavy atom. The molecule has 7 heteroatoms. The van der Waals surface area contributed by atoms with Gasteiger partial charge in [-0.05, 0) is 42.8 Å². The number of para-hydroxylation sites is 1. The maximum absolute atomic E-state index is 14.1. The lowest BCUT2D eigenvalue weighted by Crippen LogP contribution is -2.55. The van der Waals surface area contributed by atoms with Crippen LogP contribution in [0.15, 0.2) is 48.5 Å². The number of halogens is 1. The van der Waals surface area contributed by atoms with Gasteiger partial charge in [-0.3, -0.25) is 19.4 Å². The van der Waals surface area contributed by atoms with E-state index >= 15 is 0 Å². The van der Waals surface area contributed by atoms with Crippen LogP contribution in [0, 0.1) is 5.82 Å². The highest BCUT2D eigenvalue weighted by molar-refractivity contribution is 6.44. The van der Waals surface area contributed by atoms with Crippen LogP contribution in [0.25, 0.3) is 0 Å². The van der Waals surface area contributed by atoms with Crippen LogP contribution in [0.5, 0.6) is 5.75 Å². The van der Waals surface area contributed by atoms with Crippen LogP contribution in [0.3, 0.4) is 0 Å². The van der Waals surface area contributed by atoms with Crippen molar-refractivity contribution in [2.45, 2.75) is 25.9 Å². The number of Topliss-reactive ketones (excluding diaryl/α,β-unsaturated/α-hetero) is 1. The summed E-state index contributed by atoms with van der Waals surface area (Å²) < 4.78 is 19.7. The zero-order chi connectivity index (χ0) is 21.1. The van der Waals surface area contributed by atoms with Crippen LogP contribution in [-0.4, -0.2) is 55.5 Å². The van der Waals surface area contributed by atoms with Crippen LogP contribution in [0.4, 0.5) is 15.8 Å². The quantitative estimate of drug-likeness (QED) is 0.684. The molecular weight excluding hydrogens is 385 g/mol. The van der Waals surface area contributed by atoms with Gasteiger partial charge < -0.3 is 9.64 Å². The normalized spacial score (nSPS) is 20.1. The summed E-state index contributed by atoms with van der Waals surface area (Å²) in [5, 5.41) is 0. The van der Waals surface area contributed by atoms with E-state index in [9.17, 15) is 14.0 Å². The number of ketones is 1. The van der Waals surface area contributed by atoms with E-state index < -0.39 is 5.91 Å². The van der Waals surface area contributed by atoms with Crippen molar-refractivity contribution in [3.05, 3.63) is 54.3 Å². The number of amides is 1. The van der Waals surface area contributed by atoms with Gasteiger partial charge in [-0.1, -0.05) is 19.1 Å². The number of hydrogen-bond donors (Lipinski definition) is 0. The number of anilines is 2. The lowest BCUT2D eigenvalue weighted by Gasteiger charge is -2.41. The van der Waals surface area contributed by atoms with Gasteiger partial charge in [0.05, 0.1) is 24.9 Å². The maximum Gasteiger partial charge on any atom is 0.295 e. The smallest absolute Gasteiger partial charge is 0.295 e. The number of carbonyl (C=O) groups excluding carboxylic acids is 2. The van der Waals surface area contributed by atoms with E-state index in [-0.39, 0.29) is 24.2 Å². The number of rotatable bonds is 6. The molecule has 2 saturated heterocycles. The number of carbonyl (C=O) groups is 2. The molecule has 2 aromatic carbocycles. The van der Waals surface area contributed by atoms with Gasteiger partial charge in [-0.15, -0.1) is 0 Å². The van der Waals surface area contributed by atoms with Gasteiger partial charge in [0.25, 0.3) is 5.91 Å². The minimum Gasteiger partial charge on any atom is -0.494 e. The molecule has 4 rings (SSSR count). The molecule has 0 radical (unpaired) electrons. The van der Waals surface area contributed by atoms with Crippen molar-refractivity contribution >= 4 is 23.1 Å². The van der Waals surface area contributed by atoms with Gasteiger partial charge in [-0.2, -0.15) is 0 Å². The van der Waals surface area contributed by atoms with Crippen molar-refractivity contribution in [1.29, 1.82) is 0 Å². The fourth-order valence-corrected chi connectivity index (χ4v) is 4.09. The number of nitrogens with zero attached hydrogens (tertiary/aromatic N) is 3. The molecule has 2 fully saturated rings. The molecular formula is C23H26FN3O3. The second kappa shape index (κ2) is 8.83. The van der Waals surface area contributed by atoms with E-state index in [4.69, 9.17) is 4.74 Å². The molecule has 0 saturated carbocycles. The highest BCUT2D eigenvalue weighted by Crippen LogP contribution is 2.30. The van der Waals surface area contributed by atoms with Crippen molar-refractivity contribution in [1.82, 2.24) is 4.90 Å². The Bertz CT molecular complexity index is 910. The first kappa shape index (κ1) is 20.3. The van der Waals surface area contributed by atoms with Crippen molar-refractivity contribution < 1.29 is 18.7 Å². The van der Waals surface area contributed by atoms with Crippen LogP contribution >= 0.6 is 0 Å². The third-order valence-corrected chi connectivity index (χ3v) is 5.64. The second-order valence-corrected chi connectivity index (χ2v) is 7.60. The summed E-state index contributed by atoms with van der Waals surface area (Å²) in [7, 11) is 0. The SMILES string of the molecule is CCCOc1ccc(N2C(=O)C(=O)CC2N2CCN(c3ccccc3F)CC2)cc1. The van der Waals surface area contributed by atoms with Gasteiger partial charge in [0.2, 0.25) is 5.78 Å². The summed E-state index contributed by atoms with van der Waals surface area (Å²) in [6.45, 7) is 5.24. The summed E-state index contributed by atoms with van der Waals surface area (Å²) in [5.41, 5.74) is 1.28. The molecule has 0 N–H and O–H groups in total. The number of benzene rings is 2. The van der Waals surface area contributed by atoms with Crippen LogP contribution in [-0.2, 0) is 9.59 Å². The van der Waals surface area contributed by atoms with Gasteiger partial charge in [0, 0.05) is 31.9 Å². The van der Waals surface area contributed by atoms with Gasteiger partial charge in [-0.25, -0.2) is 4.39 Å². The fraction of sp³-hybridized carbons (Fsp3) is 0.391. The average molecular weight is 411 g/mol. The lowest BCUT2D eigenvalue weighted by molar-refractivity contribution is -0.133. The number of piperazine rings is 1. The molecule has 1 unspecified atom stereocenters. The predicted molar refractivity (Wildman–Crippen MR) is 113 cm³/mol. The third-order valence-electron chi connectivity index (χ3n) is 5.64. The fourth-order valence-electron chi connectivity index (χ4n) is 4.09. The van der Waals surface area contributed by atoms with E-state index in [0.29, 0.717) is 44.2 Å². The first-order chi connectivity index (χ1) is 14.6. The molecule has 0 aromatic heterocycles. The van der Waals surface area contributed by atoms with Gasteiger partial charge in [0.15, 0.2) is 0 Å². The Hall–Kier alpha value is -2.93. The second-order valence-electron chi connectivity index (χ2n) is 7.60. The highest BCUT2D eigenvalue weighted by atomic mass is 19.1. The number of hydrogen-bond acceptors (Lipinski definition) is 5. The van der Waals surface area contributed by atoms with E-state index in [1.165, 1.54) is 6.07 Å². The van der Waals surface area contributed by atoms with Crippen molar-refractivity contribution in [3.63, 3.8) is 0 Å². The van der Waals surface area contributed by atoms with Crippen molar-refractivity contribution in [3.8, 4) is 5.75 Å². The minimum atomic E-state index is -0.473. The molecule has 0 spiro atoms. The Labute approximate surface area is 175 Å². The van der Waals surface area contributed by atoms with Crippen LogP contribution < -0.4 is 14.5 Å². The molecule has 2 aliphatic heterocycles. The van der Waals surface area contributed by atoms with E-state index in [1.807, 2.05) is 42.2 Å². The number of ether oxygens (including phenoxy) is 1. The Morgan fingerprint density at radius 1 is 1.00 bits per heavy atom. The molecule has 6 nitrogen and oxygen atoms in total. The van der Waals surface area contributed by atoms with Crippen molar-refractivity contribution in [2.75, 3.05) is 42.6 Å². The zero-order valence-corrected chi connectivity index (χ0v) is 17.1. The molecule has 0 bridgehead atoms. The summed E-state index contributed by atoms with van der Waals surface area (Å²) in [5.74, 6) is -0.334. The maximum atomic E-state index is 14.1. The summed E-state index contributed by atoms with van der Waals surface area (Å²) in [4.78, 5) is 30.6. The topological polar surface area (TPSA) is 53.1 Å². The first-order valence-corrected chi connectivity index (χ1v) is 10.4. The molecule has 1 amide bonds. The highest BCUT2D eigenvalue weighted by Gasteiger charge is 2.43. The summed E-state index contributed by atoms with van der Waals surface area (Å²) in [6.07, 6.45) is 0.782. The molecule has 0 aliphatic carbocycles. The van der Waals surface area contributed by atoms with Crippen LogP contribution in [0.1, 0.15) is 19.8 Å². The first-order valence-electron chi connectivity index (χ1n) is 10.4. The van der Waals surface area contributed by atoms with Gasteiger partial charge in [0.1, 0.15) is 11.6 Å². The summed E-state index contributed by atoms with van der Waals surface area (Å²) in [6, 6.07) is 14.1. The van der Waals surface area contributed by atoms with Crippen LogP contribution in [0.2, 0.25) is 0 Å². The van der Waals surface area contributed by atoms with E-state index in [0.717, 1.165) is 12.2 Å². The molecule has 2 aliphatic rings. The standard InChI is InChI=1S/C23H26FN3O3/c1-2-15-30-18-9-7-17(8-10-18)27-22(16-21(28)23(27)29)26-13-11-25(12-14-26)20-6-4-3-5-19(20)24/h3-10,22H,2,11-16H2,1H3. The van der Waals surface area contributed by atoms with Crippen molar-refractivity contribution in [2.24, 2.45) is 0 Å². The average Bonchev–Trinajstić information content (AvgIpc) is 3.07. The summed E-state index contributed by atoms with van der Waals surface area (Å²) >= 11 is 0. The molecule has 2 heterocycles. The monoisotopic (exact) mass is 411 g/mol. The minimum absolute atomic E-state index is 0.173. The molecule has 30 heavy (non-hydrogen) atoms. The Balaban J connectivity index is 1.47. The lowest BCUT2D eigenvalue weighted by atomic mass is 10.2. The Kier molecular flexibility index (Phi) is 5.99. The molecule has 1 atom stereocenters. The van der Waals surface area contributed by atoms with E-state index in [1.54, 1.807) is 17.0 Å². The third kappa shape index (κ3) is 4.03. The van der Waals surface area contributed by atoms with E-state index in [2.05, 4.69) is 4.90 Å². The Morgan fingerprint density at radius 3 is 2.37 bits per heavy atom.